The zero-order valence-corrected chi connectivity index (χ0v) is 14.0. The van der Waals surface area contributed by atoms with Gasteiger partial charge in [0.1, 0.15) is 0 Å². The zero-order chi connectivity index (χ0) is 16.2. The first-order valence-electron chi connectivity index (χ1n) is 7.40. The Hall–Kier alpha value is -2.28. The molecule has 3 rings (SSSR count). The van der Waals surface area contributed by atoms with E-state index in [1.807, 2.05) is 30.5 Å². The topological polar surface area (TPSA) is 63.7 Å². The van der Waals surface area contributed by atoms with Crippen molar-refractivity contribution >= 4 is 17.4 Å². The number of carbonyl (C=O) groups is 1. The van der Waals surface area contributed by atoms with Crippen LogP contribution in [-0.4, -0.2) is 36.3 Å². The van der Waals surface area contributed by atoms with Gasteiger partial charge >= 0.3 is 6.03 Å². The largest absolute Gasteiger partial charge is 0.454 e. The summed E-state index contributed by atoms with van der Waals surface area (Å²) >= 11 is 1.62. The Bertz CT molecular complexity index is 702. The van der Waals surface area contributed by atoms with Crippen LogP contribution in [0.1, 0.15) is 16.3 Å². The van der Waals surface area contributed by atoms with E-state index in [0.29, 0.717) is 13.1 Å². The van der Waals surface area contributed by atoms with Gasteiger partial charge in [0.15, 0.2) is 11.5 Å². The number of aryl methyl sites for hydroxylation is 1. The number of urea groups is 1. The number of rotatable bonds is 5. The van der Waals surface area contributed by atoms with Crippen molar-refractivity contribution in [2.24, 2.45) is 0 Å². The predicted octanol–water partition coefficient (Wildman–Crippen LogP) is 2.56. The fraction of sp³-hybridized carbons (Fsp3) is 0.375. The average molecular weight is 333 g/mol. The zero-order valence-electron chi connectivity index (χ0n) is 13.2. The van der Waals surface area contributed by atoms with Crippen molar-refractivity contribution in [1.82, 2.24) is 15.2 Å². The van der Waals surface area contributed by atoms with Crippen LogP contribution in [0.3, 0.4) is 0 Å². The van der Waals surface area contributed by atoms with Crippen LogP contribution in [0.4, 0.5) is 4.79 Å². The molecule has 0 saturated heterocycles. The molecule has 2 amide bonds. The van der Waals surface area contributed by atoms with Gasteiger partial charge in [0.05, 0.1) is 10.7 Å². The second-order valence-electron chi connectivity index (χ2n) is 5.38. The maximum absolute atomic E-state index is 12.1. The first kappa shape index (κ1) is 15.6. The molecule has 6 nitrogen and oxygen atoms in total. The van der Waals surface area contributed by atoms with Crippen molar-refractivity contribution in [3.63, 3.8) is 0 Å². The summed E-state index contributed by atoms with van der Waals surface area (Å²) in [7, 11) is 1.77. The Balaban J connectivity index is 1.47. The lowest BCUT2D eigenvalue weighted by atomic mass is 10.2. The lowest BCUT2D eigenvalue weighted by molar-refractivity contribution is 0.174. The molecule has 1 N–H and O–H groups in total. The summed E-state index contributed by atoms with van der Waals surface area (Å²) < 4.78 is 10.6. The molecule has 1 aromatic carbocycles. The molecule has 7 heteroatoms. The third-order valence-corrected chi connectivity index (χ3v) is 4.35. The molecule has 0 spiro atoms. The quantitative estimate of drug-likeness (QED) is 0.913. The molecule has 2 aromatic rings. The maximum atomic E-state index is 12.1. The number of carbonyl (C=O) groups excluding carboxylic acids is 1. The Morgan fingerprint density at radius 2 is 2.22 bits per heavy atom. The van der Waals surface area contributed by atoms with Gasteiger partial charge < -0.3 is 19.7 Å². The van der Waals surface area contributed by atoms with Crippen molar-refractivity contribution < 1.29 is 14.3 Å². The summed E-state index contributed by atoms with van der Waals surface area (Å²) in [6, 6.07) is 5.61. The summed E-state index contributed by atoms with van der Waals surface area (Å²) in [5.74, 6) is 1.48. The molecule has 0 unspecified atom stereocenters. The van der Waals surface area contributed by atoms with E-state index < -0.39 is 0 Å². The van der Waals surface area contributed by atoms with E-state index in [4.69, 9.17) is 9.47 Å². The van der Waals surface area contributed by atoms with Crippen LogP contribution < -0.4 is 14.8 Å². The normalized spacial score (nSPS) is 12.3. The Morgan fingerprint density at radius 3 is 3.00 bits per heavy atom. The van der Waals surface area contributed by atoms with Gasteiger partial charge in [-0.15, -0.1) is 11.3 Å². The first-order chi connectivity index (χ1) is 11.1. The van der Waals surface area contributed by atoms with Crippen LogP contribution >= 0.6 is 11.3 Å². The predicted molar refractivity (Wildman–Crippen MR) is 88.0 cm³/mol. The molecule has 0 fully saturated rings. The van der Waals surface area contributed by atoms with E-state index >= 15 is 0 Å². The minimum atomic E-state index is -0.102. The summed E-state index contributed by atoms with van der Waals surface area (Å²) in [4.78, 5) is 18.1. The van der Waals surface area contributed by atoms with Crippen molar-refractivity contribution in [2.45, 2.75) is 19.9 Å². The van der Waals surface area contributed by atoms with Crippen molar-refractivity contribution in [1.29, 1.82) is 0 Å². The fourth-order valence-electron chi connectivity index (χ4n) is 2.34. The lowest BCUT2D eigenvalue weighted by Gasteiger charge is -2.18. The Morgan fingerprint density at radius 1 is 1.39 bits per heavy atom. The number of benzene rings is 1. The summed E-state index contributed by atoms with van der Waals surface area (Å²) in [5.41, 5.74) is 2.02. The minimum absolute atomic E-state index is 0.102. The van der Waals surface area contributed by atoms with Gasteiger partial charge in [0, 0.05) is 31.9 Å². The van der Waals surface area contributed by atoms with Gasteiger partial charge in [-0.25, -0.2) is 9.78 Å². The molecule has 0 aliphatic carbocycles. The van der Waals surface area contributed by atoms with E-state index in [1.54, 1.807) is 23.3 Å². The Kier molecular flexibility index (Phi) is 4.66. The molecule has 2 heterocycles. The van der Waals surface area contributed by atoms with Gasteiger partial charge in [-0.05, 0) is 24.6 Å². The van der Waals surface area contributed by atoms with Crippen LogP contribution in [-0.2, 0) is 13.0 Å². The van der Waals surface area contributed by atoms with Crippen molar-refractivity contribution in [2.75, 3.05) is 20.4 Å². The van der Waals surface area contributed by atoms with E-state index in [2.05, 4.69) is 10.3 Å². The highest BCUT2D eigenvalue weighted by molar-refractivity contribution is 7.09. The third kappa shape index (κ3) is 3.92. The number of ether oxygens (including phenoxy) is 2. The molecule has 23 heavy (non-hydrogen) atoms. The van der Waals surface area contributed by atoms with Crippen LogP contribution in [0.25, 0.3) is 0 Å². The van der Waals surface area contributed by atoms with Crippen LogP contribution in [0.5, 0.6) is 11.5 Å². The van der Waals surface area contributed by atoms with Crippen LogP contribution in [0.15, 0.2) is 23.6 Å². The fourth-order valence-corrected chi connectivity index (χ4v) is 2.99. The SMILES string of the molecule is Cc1nc(CCNC(=O)N(C)Cc2ccc3c(c2)OCO3)cs1. The number of aromatic nitrogens is 1. The summed E-state index contributed by atoms with van der Waals surface area (Å²) in [6.45, 7) is 3.32. The number of hydrogen-bond acceptors (Lipinski definition) is 5. The van der Waals surface area contributed by atoms with Crippen molar-refractivity contribution in [3.05, 3.63) is 39.8 Å². The molecule has 1 aliphatic rings. The monoisotopic (exact) mass is 333 g/mol. The van der Waals surface area contributed by atoms with E-state index in [-0.39, 0.29) is 12.8 Å². The molecule has 122 valence electrons. The second-order valence-corrected chi connectivity index (χ2v) is 6.45. The van der Waals surface area contributed by atoms with E-state index in [1.165, 1.54) is 0 Å². The molecular weight excluding hydrogens is 314 g/mol. The van der Waals surface area contributed by atoms with Crippen LogP contribution in [0.2, 0.25) is 0 Å². The molecule has 0 bridgehead atoms. The highest BCUT2D eigenvalue weighted by Crippen LogP contribution is 2.32. The van der Waals surface area contributed by atoms with Gasteiger partial charge in [-0.3, -0.25) is 0 Å². The molecule has 1 aromatic heterocycles. The smallest absolute Gasteiger partial charge is 0.317 e. The number of hydrogen-bond donors (Lipinski definition) is 1. The standard InChI is InChI=1S/C16H19N3O3S/c1-11-18-13(9-23-11)5-6-17-16(20)19(2)8-12-3-4-14-15(7-12)22-10-21-14/h3-4,7,9H,5-6,8,10H2,1-2H3,(H,17,20). The average Bonchev–Trinajstić information content (AvgIpc) is 3.15. The number of thiazole rings is 1. The van der Waals surface area contributed by atoms with Gasteiger partial charge in [-0.2, -0.15) is 0 Å². The molecule has 0 radical (unpaired) electrons. The minimum Gasteiger partial charge on any atom is -0.454 e. The highest BCUT2D eigenvalue weighted by Gasteiger charge is 2.15. The third-order valence-electron chi connectivity index (χ3n) is 3.53. The molecular formula is C16H19N3O3S. The highest BCUT2D eigenvalue weighted by atomic mass is 32.1. The van der Waals surface area contributed by atoms with Crippen LogP contribution in [0, 0.1) is 6.92 Å². The molecule has 1 aliphatic heterocycles. The molecule has 0 atom stereocenters. The summed E-state index contributed by atoms with van der Waals surface area (Å²) in [5, 5.41) is 5.98. The number of amides is 2. The van der Waals surface area contributed by atoms with Gasteiger partial charge in [0.2, 0.25) is 6.79 Å². The number of nitrogens with zero attached hydrogens (tertiary/aromatic N) is 2. The summed E-state index contributed by atoms with van der Waals surface area (Å²) in [6.07, 6.45) is 0.744. The van der Waals surface area contributed by atoms with E-state index in [9.17, 15) is 4.79 Å². The van der Waals surface area contributed by atoms with E-state index in [0.717, 1.165) is 34.2 Å². The van der Waals surface area contributed by atoms with Gasteiger partial charge in [0.25, 0.3) is 0 Å². The second kappa shape index (κ2) is 6.87. The van der Waals surface area contributed by atoms with Crippen molar-refractivity contribution in [3.8, 4) is 11.5 Å². The number of nitrogens with one attached hydrogen (secondary N) is 1. The lowest BCUT2D eigenvalue weighted by Crippen LogP contribution is -2.37. The maximum Gasteiger partial charge on any atom is 0.317 e. The van der Waals surface area contributed by atoms with Gasteiger partial charge in [-0.1, -0.05) is 6.07 Å². The first-order valence-corrected chi connectivity index (χ1v) is 8.28. The number of fused-ring (bicyclic) bond motifs is 1. The Labute approximate surface area is 139 Å². The molecule has 0 saturated carbocycles.